The van der Waals surface area contributed by atoms with Gasteiger partial charge in [0.25, 0.3) is 0 Å². The van der Waals surface area contributed by atoms with Crippen molar-refractivity contribution in [3.8, 4) is 11.5 Å². The number of rotatable bonds is 4. The highest BCUT2D eigenvalue weighted by molar-refractivity contribution is 5.31. The van der Waals surface area contributed by atoms with Crippen LogP contribution < -0.4 is 4.74 Å². The van der Waals surface area contributed by atoms with Crippen LogP contribution in [0, 0.1) is 6.92 Å². The fourth-order valence-corrected chi connectivity index (χ4v) is 1.69. The van der Waals surface area contributed by atoms with Crippen LogP contribution in [0.15, 0.2) is 30.5 Å². The molecule has 0 atom stereocenters. The van der Waals surface area contributed by atoms with Gasteiger partial charge in [-0.2, -0.15) is 0 Å². The molecule has 0 bridgehead atoms. The smallest absolute Gasteiger partial charge is 0.132 e. The molecule has 0 aliphatic carbocycles. The molecule has 4 nitrogen and oxygen atoms in total. The van der Waals surface area contributed by atoms with E-state index in [0.717, 1.165) is 18.1 Å². The van der Waals surface area contributed by atoms with Crippen molar-refractivity contribution in [2.45, 2.75) is 27.0 Å². The number of benzene rings is 1. The zero-order chi connectivity index (χ0) is 12.3. The van der Waals surface area contributed by atoms with Gasteiger partial charge in [-0.1, -0.05) is 6.07 Å². The lowest BCUT2D eigenvalue weighted by atomic mass is 10.3. The summed E-state index contributed by atoms with van der Waals surface area (Å²) >= 11 is 0. The zero-order valence-corrected chi connectivity index (χ0v) is 10.1. The van der Waals surface area contributed by atoms with E-state index in [1.165, 1.54) is 0 Å². The molecule has 0 radical (unpaired) electrons. The van der Waals surface area contributed by atoms with Gasteiger partial charge < -0.3 is 14.4 Å². The minimum absolute atomic E-state index is 0.206. The van der Waals surface area contributed by atoms with Gasteiger partial charge in [0.1, 0.15) is 23.9 Å². The van der Waals surface area contributed by atoms with E-state index in [1.807, 2.05) is 19.2 Å². The number of phenols is 1. The molecular weight excluding hydrogens is 216 g/mol. The summed E-state index contributed by atoms with van der Waals surface area (Å²) < 4.78 is 7.62. The van der Waals surface area contributed by atoms with Gasteiger partial charge >= 0.3 is 0 Å². The van der Waals surface area contributed by atoms with E-state index < -0.39 is 0 Å². The Labute approximate surface area is 100 Å². The number of hydrogen-bond acceptors (Lipinski definition) is 3. The van der Waals surface area contributed by atoms with Crippen LogP contribution in [-0.4, -0.2) is 14.7 Å². The summed E-state index contributed by atoms with van der Waals surface area (Å²) in [6.07, 6.45) is 1.98. The van der Waals surface area contributed by atoms with E-state index >= 15 is 0 Å². The Balaban J connectivity index is 2.02. The molecule has 0 spiro atoms. The second-order valence-electron chi connectivity index (χ2n) is 3.85. The molecule has 17 heavy (non-hydrogen) atoms. The molecule has 1 N–H and O–H groups in total. The molecule has 0 amide bonds. The first-order valence-electron chi connectivity index (χ1n) is 5.63. The van der Waals surface area contributed by atoms with Crippen molar-refractivity contribution in [3.05, 3.63) is 42.0 Å². The van der Waals surface area contributed by atoms with Gasteiger partial charge in [0.15, 0.2) is 0 Å². The molecule has 0 aliphatic heterocycles. The van der Waals surface area contributed by atoms with Crippen molar-refractivity contribution in [2.24, 2.45) is 0 Å². The molecule has 4 heteroatoms. The second-order valence-corrected chi connectivity index (χ2v) is 3.85. The average Bonchev–Trinajstić information content (AvgIpc) is 2.67. The van der Waals surface area contributed by atoms with E-state index in [-0.39, 0.29) is 5.75 Å². The van der Waals surface area contributed by atoms with Gasteiger partial charge in [-0.3, -0.25) is 0 Å². The number of hydrogen-bond donors (Lipinski definition) is 1. The molecular formula is C13H16N2O2. The highest BCUT2D eigenvalue weighted by Gasteiger charge is 2.03. The van der Waals surface area contributed by atoms with Gasteiger partial charge in [0, 0.05) is 18.8 Å². The first kappa shape index (κ1) is 11.5. The number of phenolic OH excluding ortho intramolecular Hbond substituents is 1. The number of imidazole rings is 1. The van der Waals surface area contributed by atoms with E-state index in [0.29, 0.717) is 12.4 Å². The third kappa shape index (κ3) is 2.78. The maximum atomic E-state index is 9.30. The maximum absolute atomic E-state index is 9.30. The number of nitrogens with zero attached hydrogens (tertiary/aromatic N) is 2. The van der Waals surface area contributed by atoms with E-state index in [1.54, 1.807) is 18.2 Å². The molecule has 2 aromatic rings. The van der Waals surface area contributed by atoms with Crippen LogP contribution in [0.2, 0.25) is 0 Å². The van der Waals surface area contributed by atoms with Crippen LogP contribution >= 0.6 is 0 Å². The molecule has 2 rings (SSSR count). The van der Waals surface area contributed by atoms with Crippen molar-refractivity contribution in [1.29, 1.82) is 0 Å². The summed E-state index contributed by atoms with van der Waals surface area (Å²) in [5.74, 6) is 1.84. The largest absolute Gasteiger partial charge is 0.508 e. The highest BCUT2D eigenvalue weighted by Crippen LogP contribution is 2.18. The number of ether oxygens (including phenoxy) is 1. The summed E-state index contributed by atoms with van der Waals surface area (Å²) in [6.45, 7) is 5.37. The number of aryl methyl sites for hydroxylation is 2. The van der Waals surface area contributed by atoms with E-state index in [2.05, 4.69) is 16.5 Å². The Kier molecular flexibility index (Phi) is 3.32. The molecule has 1 aromatic carbocycles. The monoisotopic (exact) mass is 232 g/mol. The number of aromatic nitrogens is 2. The molecule has 1 heterocycles. The van der Waals surface area contributed by atoms with Crippen molar-refractivity contribution >= 4 is 0 Å². The van der Waals surface area contributed by atoms with Crippen LogP contribution in [-0.2, 0) is 13.2 Å². The maximum Gasteiger partial charge on any atom is 0.132 e. The van der Waals surface area contributed by atoms with Crippen molar-refractivity contribution < 1.29 is 9.84 Å². The lowest BCUT2D eigenvalue weighted by Crippen LogP contribution is -1.95. The van der Waals surface area contributed by atoms with Gasteiger partial charge in [0.05, 0.1) is 5.69 Å². The first-order valence-corrected chi connectivity index (χ1v) is 5.63. The number of aromatic hydroxyl groups is 1. The quantitative estimate of drug-likeness (QED) is 0.881. The molecule has 0 aliphatic rings. The Morgan fingerprint density at radius 3 is 2.88 bits per heavy atom. The lowest BCUT2D eigenvalue weighted by molar-refractivity contribution is 0.300. The lowest BCUT2D eigenvalue weighted by Gasteiger charge is -2.03. The third-order valence-corrected chi connectivity index (χ3v) is 2.57. The predicted molar refractivity (Wildman–Crippen MR) is 65.1 cm³/mol. The minimum Gasteiger partial charge on any atom is -0.508 e. The first-order chi connectivity index (χ1) is 8.19. The Bertz CT molecular complexity index is 506. The Hall–Kier alpha value is -1.97. The summed E-state index contributed by atoms with van der Waals surface area (Å²) in [4.78, 5) is 4.39. The Morgan fingerprint density at radius 2 is 2.24 bits per heavy atom. The predicted octanol–water partition coefficient (Wildman–Crippen LogP) is 2.50. The van der Waals surface area contributed by atoms with Gasteiger partial charge in [-0.15, -0.1) is 0 Å². The van der Waals surface area contributed by atoms with Crippen LogP contribution in [0.3, 0.4) is 0 Å². The molecule has 1 aromatic heterocycles. The van der Waals surface area contributed by atoms with Crippen molar-refractivity contribution in [3.63, 3.8) is 0 Å². The van der Waals surface area contributed by atoms with Crippen LogP contribution in [0.4, 0.5) is 0 Å². The summed E-state index contributed by atoms with van der Waals surface area (Å²) in [6, 6.07) is 6.76. The molecule has 0 saturated carbocycles. The van der Waals surface area contributed by atoms with Crippen molar-refractivity contribution in [2.75, 3.05) is 0 Å². The minimum atomic E-state index is 0.206. The molecule has 0 unspecified atom stereocenters. The highest BCUT2D eigenvalue weighted by atomic mass is 16.5. The standard InChI is InChI=1S/C13H16N2O2/c1-3-15-8-11(14-10(15)2)9-17-13-6-4-5-12(16)7-13/h4-8,16H,3,9H2,1-2H3. The van der Waals surface area contributed by atoms with Gasteiger partial charge in [-0.05, 0) is 26.0 Å². The second kappa shape index (κ2) is 4.91. The topological polar surface area (TPSA) is 47.3 Å². The van der Waals surface area contributed by atoms with Gasteiger partial charge in [0.2, 0.25) is 0 Å². The normalized spacial score (nSPS) is 10.5. The zero-order valence-electron chi connectivity index (χ0n) is 10.1. The van der Waals surface area contributed by atoms with E-state index in [4.69, 9.17) is 4.74 Å². The molecule has 90 valence electrons. The van der Waals surface area contributed by atoms with Crippen molar-refractivity contribution in [1.82, 2.24) is 9.55 Å². The molecule has 0 saturated heterocycles. The van der Waals surface area contributed by atoms with E-state index in [9.17, 15) is 5.11 Å². The average molecular weight is 232 g/mol. The van der Waals surface area contributed by atoms with Gasteiger partial charge in [-0.25, -0.2) is 4.98 Å². The summed E-state index contributed by atoms with van der Waals surface area (Å²) in [7, 11) is 0. The van der Waals surface area contributed by atoms with Crippen LogP contribution in [0.5, 0.6) is 11.5 Å². The third-order valence-electron chi connectivity index (χ3n) is 2.57. The van der Waals surface area contributed by atoms with Crippen LogP contribution in [0.25, 0.3) is 0 Å². The summed E-state index contributed by atoms with van der Waals surface area (Å²) in [5.41, 5.74) is 0.896. The molecule has 0 fully saturated rings. The summed E-state index contributed by atoms with van der Waals surface area (Å²) in [5, 5.41) is 9.30. The van der Waals surface area contributed by atoms with Crippen LogP contribution in [0.1, 0.15) is 18.4 Å². The fraction of sp³-hybridized carbons (Fsp3) is 0.308. The SMILES string of the molecule is CCn1cc(COc2cccc(O)c2)nc1C. The Morgan fingerprint density at radius 1 is 1.41 bits per heavy atom. The fourth-order valence-electron chi connectivity index (χ4n) is 1.69.